The summed E-state index contributed by atoms with van der Waals surface area (Å²) in [7, 11) is 0. The Morgan fingerprint density at radius 2 is 0.647 bits per heavy atom. The summed E-state index contributed by atoms with van der Waals surface area (Å²) in [5.74, 6) is 0. The molecule has 0 saturated heterocycles. The first kappa shape index (κ1) is 25.0. The molecule has 0 N–H and O–H groups in total. The summed E-state index contributed by atoms with van der Waals surface area (Å²) in [6.07, 6.45) is 1.78. The highest BCUT2D eigenvalue weighted by molar-refractivity contribution is 8.22. The first-order valence-electron chi connectivity index (χ1n) is 11.5. The number of rotatable bonds is 8. The molecule has 0 unspecified atom stereocenters. The van der Waals surface area contributed by atoms with Gasteiger partial charge in [0.1, 0.15) is 0 Å². The van der Waals surface area contributed by atoms with Gasteiger partial charge in [0.2, 0.25) is 0 Å². The number of benzene rings is 4. The van der Waals surface area contributed by atoms with E-state index in [9.17, 15) is 0 Å². The first-order chi connectivity index (χ1) is 16.4. The second-order valence-electron chi connectivity index (χ2n) is 8.70. The van der Waals surface area contributed by atoms with Gasteiger partial charge in [-0.25, -0.2) is 0 Å². The normalized spacial score (nSPS) is 12.8. The average Bonchev–Trinajstić information content (AvgIpc) is 2.90. The molecule has 4 aromatic carbocycles. The summed E-state index contributed by atoms with van der Waals surface area (Å²) in [5, 5.41) is 5.09. The zero-order chi connectivity index (χ0) is 24.0. The van der Waals surface area contributed by atoms with Crippen LogP contribution in [0.5, 0.6) is 0 Å². The SMILES string of the molecule is C/C(CP(=S)(c1ccccc1)c1ccccc1)=C(\C)CP(=S)(c1ccccc1)c1ccccc1. The third kappa shape index (κ3) is 5.42. The van der Waals surface area contributed by atoms with E-state index >= 15 is 0 Å². The van der Waals surface area contributed by atoms with E-state index < -0.39 is 12.1 Å². The molecule has 0 aliphatic heterocycles. The Kier molecular flexibility index (Phi) is 8.18. The minimum absolute atomic E-state index is 0.890. The van der Waals surface area contributed by atoms with Gasteiger partial charge in [-0.1, -0.05) is 156 Å². The molecule has 0 aliphatic carbocycles. The lowest BCUT2D eigenvalue weighted by atomic mass is 10.2. The lowest BCUT2D eigenvalue weighted by Crippen LogP contribution is -2.21. The van der Waals surface area contributed by atoms with Gasteiger partial charge in [0.25, 0.3) is 0 Å². The Hall–Kier alpha value is -2.08. The third-order valence-corrected chi connectivity index (χ3v) is 16.0. The summed E-state index contributed by atoms with van der Waals surface area (Å²) in [5.41, 5.74) is 2.74. The van der Waals surface area contributed by atoms with Gasteiger partial charge in [0, 0.05) is 24.4 Å². The van der Waals surface area contributed by atoms with E-state index in [0.29, 0.717) is 0 Å². The molecular weight excluding hydrogens is 486 g/mol. The second kappa shape index (κ2) is 11.1. The van der Waals surface area contributed by atoms with Crippen LogP contribution < -0.4 is 21.2 Å². The quantitative estimate of drug-likeness (QED) is 0.192. The van der Waals surface area contributed by atoms with E-state index in [1.807, 2.05) is 0 Å². The van der Waals surface area contributed by atoms with Crippen LogP contribution in [0, 0.1) is 0 Å². The molecule has 0 aliphatic rings. The van der Waals surface area contributed by atoms with Gasteiger partial charge in [-0.3, -0.25) is 0 Å². The Bertz CT molecular complexity index is 1150. The predicted octanol–water partition coefficient (Wildman–Crippen LogP) is 6.58. The van der Waals surface area contributed by atoms with Crippen LogP contribution in [0.3, 0.4) is 0 Å². The van der Waals surface area contributed by atoms with Crippen molar-refractivity contribution in [2.45, 2.75) is 13.8 Å². The van der Waals surface area contributed by atoms with Gasteiger partial charge in [0.05, 0.1) is 0 Å². The molecule has 0 bridgehead atoms. The highest BCUT2D eigenvalue weighted by Gasteiger charge is 2.26. The molecule has 0 fully saturated rings. The summed E-state index contributed by atoms with van der Waals surface area (Å²) < 4.78 is 0. The summed E-state index contributed by atoms with van der Waals surface area (Å²) in [6.45, 7) is 4.52. The van der Waals surface area contributed by atoms with E-state index in [4.69, 9.17) is 23.6 Å². The molecule has 0 aromatic heterocycles. The van der Waals surface area contributed by atoms with Crippen molar-refractivity contribution >= 4 is 56.9 Å². The minimum Gasteiger partial charge on any atom is -0.0873 e. The maximum Gasteiger partial charge on any atom is 0.0144 e. The smallest absolute Gasteiger partial charge is 0.0144 e. The molecular formula is C30H30P2S2. The van der Waals surface area contributed by atoms with Gasteiger partial charge in [-0.2, -0.15) is 0 Å². The lowest BCUT2D eigenvalue weighted by Gasteiger charge is -2.27. The molecule has 0 radical (unpaired) electrons. The van der Waals surface area contributed by atoms with Crippen molar-refractivity contribution in [3.05, 3.63) is 132 Å². The molecule has 4 heteroatoms. The van der Waals surface area contributed by atoms with Crippen LogP contribution in [-0.2, 0) is 23.6 Å². The Labute approximate surface area is 214 Å². The maximum atomic E-state index is 6.52. The fourth-order valence-electron chi connectivity index (χ4n) is 4.28. The van der Waals surface area contributed by atoms with Crippen molar-refractivity contribution in [3.63, 3.8) is 0 Å². The molecule has 0 spiro atoms. The molecule has 0 amide bonds. The van der Waals surface area contributed by atoms with Gasteiger partial charge < -0.3 is 0 Å². The molecule has 172 valence electrons. The van der Waals surface area contributed by atoms with Gasteiger partial charge >= 0.3 is 0 Å². The summed E-state index contributed by atoms with van der Waals surface area (Å²) in [6, 6.07) is 38.8. The summed E-state index contributed by atoms with van der Waals surface area (Å²) in [4.78, 5) is 0. The molecule has 4 rings (SSSR count). The fourth-order valence-corrected chi connectivity index (χ4v) is 12.7. The van der Waals surface area contributed by atoms with E-state index in [1.54, 1.807) is 0 Å². The summed E-state index contributed by atoms with van der Waals surface area (Å²) >= 11 is 13.0. The van der Waals surface area contributed by atoms with E-state index in [-0.39, 0.29) is 0 Å². The second-order valence-corrected chi connectivity index (χ2v) is 18.1. The van der Waals surface area contributed by atoms with Gasteiger partial charge in [-0.05, 0) is 35.1 Å². The highest BCUT2D eigenvalue weighted by Crippen LogP contribution is 2.49. The molecule has 0 atom stereocenters. The number of hydrogen-bond donors (Lipinski definition) is 0. The number of allylic oxidation sites excluding steroid dienone is 2. The van der Waals surface area contributed by atoms with E-state index in [1.165, 1.54) is 32.4 Å². The predicted molar refractivity (Wildman–Crippen MR) is 161 cm³/mol. The Morgan fingerprint density at radius 3 is 0.853 bits per heavy atom. The Balaban J connectivity index is 1.75. The number of hydrogen-bond acceptors (Lipinski definition) is 2. The monoisotopic (exact) mass is 516 g/mol. The van der Waals surface area contributed by atoms with Gasteiger partial charge in [-0.15, -0.1) is 0 Å². The molecule has 34 heavy (non-hydrogen) atoms. The minimum atomic E-state index is -1.99. The maximum absolute atomic E-state index is 6.52. The van der Waals surface area contributed by atoms with Crippen LogP contribution in [0.15, 0.2) is 132 Å². The van der Waals surface area contributed by atoms with E-state index in [2.05, 4.69) is 135 Å². The third-order valence-electron chi connectivity index (χ3n) is 6.34. The Morgan fingerprint density at radius 1 is 0.441 bits per heavy atom. The molecule has 0 heterocycles. The van der Waals surface area contributed by atoms with Crippen molar-refractivity contribution in [1.29, 1.82) is 0 Å². The topological polar surface area (TPSA) is 0 Å². The molecule has 0 nitrogen and oxygen atoms in total. The van der Waals surface area contributed by atoms with Crippen LogP contribution in [-0.4, -0.2) is 12.3 Å². The van der Waals surface area contributed by atoms with Crippen molar-refractivity contribution < 1.29 is 0 Å². The standard InChI is InChI=1S/C30H30P2S2/c1-25(23-31(33,27-15-7-3-8-16-27)28-17-9-4-10-18-28)26(2)24-32(34,29-19-11-5-12-20-29)30-21-13-6-14-22-30/h3-22H,23-24H2,1-2H3/b26-25-. The molecule has 4 aromatic rings. The van der Waals surface area contributed by atoms with Crippen molar-refractivity contribution in [3.8, 4) is 0 Å². The molecule has 0 saturated carbocycles. The highest BCUT2D eigenvalue weighted by atomic mass is 32.4. The van der Waals surface area contributed by atoms with Crippen molar-refractivity contribution in [2.75, 3.05) is 12.3 Å². The van der Waals surface area contributed by atoms with E-state index in [0.717, 1.165) is 12.3 Å². The fraction of sp³-hybridized carbons (Fsp3) is 0.133. The van der Waals surface area contributed by atoms with Crippen LogP contribution in [0.1, 0.15) is 13.8 Å². The van der Waals surface area contributed by atoms with Crippen LogP contribution in [0.25, 0.3) is 0 Å². The zero-order valence-corrected chi connectivity index (χ0v) is 23.1. The lowest BCUT2D eigenvalue weighted by molar-refractivity contribution is 1.24. The van der Waals surface area contributed by atoms with Gasteiger partial charge in [0.15, 0.2) is 0 Å². The largest absolute Gasteiger partial charge is 0.0873 e. The zero-order valence-electron chi connectivity index (χ0n) is 19.7. The van der Waals surface area contributed by atoms with Crippen LogP contribution in [0.4, 0.5) is 0 Å². The average molecular weight is 517 g/mol. The first-order valence-corrected chi connectivity index (χ1v) is 17.5. The van der Waals surface area contributed by atoms with Crippen LogP contribution in [0.2, 0.25) is 0 Å². The van der Waals surface area contributed by atoms with Crippen molar-refractivity contribution in [1.82, 2.24) is 0 Å². The van der Waals surface area contributed by atoms with Crippen molar-refractivity contribution in [2.24, 2.45) is 0 Å². The van der Waals surface area contributed by atoms with Crippen LogP contribution >= 0.6 is 12.1 Å².